The van der Waals surface area contributed by atoms with Gasteiger partial charge in [-0.05, 0) is 19.1 Å². The molecule has 0 fully saturated rings. The molecule has 0 aliphatic heterocycles. The molecule has 0 aliphatic carbocycles. The lowest BCUT2D eigenvalue weighted by molar-refractivity contribution is -0.122. The van der Waals surface area contributed by atoms with Crippen LogP contribution in [-0.2, 0) is 9.53 Å². The Morgan fingerprint density at radius 2 is 1.73 bits per heavy atom. The number of esters is 1. The maximum absolute atomic E-state index is 12.7. The van der Waals surface area contributed by atoms with Crippen molar-refractivity contribution < 1.29 is 37.3 Å². The highest BCUT2D eigenvalue weighted by molar-refractivity contribution is 6.42. The van der Waals surface area contributed by atoms with Crippen LogP contribution in [0.4, 0.5) is 14.5 Å². The zero-order chi connectivity index (χ0) is 22.4. The predicted octanol–water partition coefficient (Wildman–Crippen LogP) is 4.80. The lowest BCUT2D eigenvalue weighted by Gasteiger charge is -2.18. The van der Waals surface area contributed by atoms with Gasteiger partial charge in [-0.3, -0.25) is 4.79 Å². The number of nitrogens with one attached hydrogen (secondary N) is 1. The van der Waals surface area contributed by atoms with Crippen molar-refractivity contribution in [2.24, 2.45) is 0 Å². The summed E-state index contributed by atoms with van der Waals surface area (Å²) < 4.78 is 44.9. The van der Waals surface area contributed by atoms with Crippen molar-refractivity contribution in [1.29, 1.82) is 0 Å². The molecule has 1 N–H and O–H groups in total. The summed E-state index contributed by atoms with van der Waals surface area (Å²) >= 11 is 12.0. The lowest BCUT2D eigenvalue weighted by atomic mass is 10.1. The molecule has 0 aromatic heterocycles. The van der Waals surface area contributed by atoms with Crippen molar-refractivity contribution >= 4 is 40.8 Å². The van der Waals surface area contributed by atoms with E-state index in [1.165, 1.54) is 20.1 Å². The second-order valence-electron chi connectivity index (χ2n) is 5.72. The van der Waals surface area contributed by atoms with E-state index in [2.05, 4.69) is 14.8 Å². The van der Waals surface area contributed by atoms with Crippen LogP contribution in [0.25, 0.3) is 0 Å². The molecule has 1 amide bonds. The SMILES string of the molecule is COC(=O)c1cc(OC)c(OC(F)F)cc1NC(=O)C(C)Oc1cccc(Cl)c1Cl. The lowest BCUT2D eigenvalue weighted by Crippen LogP contribution is -2.31. The quantitative estimate of drug-likeness (QED) is 0.566. The van der Waals surface area contributed by atoms with E-state index >= 15 is 0 Å². The Morgan fingerprint density at radius 3 is 2.33 bits per heavy atom. The zero-order valence-corrected chi connectivity index (χ0v) is 17.5. The van der Waals surface area contributed by atoms with Crippen molar-refractivity contribution in [3.05, 3.63) is 45.9 Å². The molecule has 0 spiro atoms. The third-order valence-corrected chi connectivity index (χ3v) is 4.57. The van der Waals surface area contributed by atoms with Crippen LogP contribution in [0.3, 0.4) is 0 Å². The number of halogens is 4. The minimum atomic E-state index is -3.15. The summed E-state index contributed by atoms with van der Waals surface area (Å²) in [5.74, 6) is -1.91. The van der Waals surface area contributed by atoms with Crippen molar-refractivity contribution in [2.75, 3.05) is 19.5 Å². The van der Waals surface area contributed by atoms with Crippen LogP contribution in [0.15, 0.2) is 30.3 Å². The molecular formula is C19H17Cl2F2NO6. The first-order chi connectivity index (χ1) is 14.2. The van der Waals surface area contributed by atoms with Crippen LogP contribution in [0, 0.1) is 0 Å². The van der Waals surface area contributed by atoms with Gasteiger partial charge in [-0.15, -0.1) is 0 Å². The summed E-state index contributed by atoms with van der Waals surface area (Å²) in [4.78, 5) is 24.7. The van der Waals surface area contributed by atoms with E-state index in [1.807, 2.05) is 0 Å². The molecule has 30 heavy (non-hydrogen) atoms. The topological polar surface area (TPSA) is 83.1 Å². The Kier molecular flexibility index (Phi) is 8.08. The van der Waals surface area contributed by atoms with E-state index in [0.29, 0.717) is 0 Å². The molecule has 2 aromatic carbocycles. The van der Waals surface area contributed by atoms with Crippen molar-refractivity contribution in [2.45, 2.75) is 19.6 Å². The summed E-state index contributed by atoms with van der Waals surface area (Å²) in [5, 5.41) is 2.78. The third kappa shape index (κ3) is 5.64. The first-order valence-corrected chi connectivity index (χ1v) is 9.10. The first kappa shape index (κ1) is 23.5. The van der Waals surface area contributed by atoms with Gasteiger partial charge in [0.25, 0.3) is 5.91 Å². The number of amides is 1. The smallest absolute Gasteiger partial charge is 0.387 e. The Labute approximate surface area is 180 Å². The maximum Gasteiger partial charge on any atom is 0.387 e. The Bertz CT molecular complexity index is 941. The van der Waals surface area contributed by atoms with E-state index in [0.717, 1.165) is 19.2 Å². The first-order valence-electron chi connectivity index (χ1n) is 8.34. The Hall–Kier alpha value is -2.78. The van der Waals surface area contributed by atoms with Crippen molar-refractivity contribution in [3.63, 3.8) is 0 Å². The molecule has 0 saturated heterocycles. The molecule has 0 radical (unpaired) electrons. The molecule has 0 heterocycles. The number of benzene rings is 2. The highest BCUT2D eigenvalue weighted by Crippen LogP contribution is 2.36. The molecule has 2 aromatic rings. The number of hydrogen-bond donors (Lipinski definition) is 1. The molecule has 1 atom stereocenters. The fraction of sp³-hybridized carbons (Fsp3) is 0.263. The van der Waals surface area contributed by atoms with Gasteiger partial charge in [-0.1, -0.05) is 29.3 Å². The molecule has 11 heteroatoms. The fourth-order valence-electron chi connectivity index (χ4n) is 2.34. The Morgan fingerprint density at radius 1 is 1.03 bits per heavy atom. The highest BCUT2D eigenvalue weighted by atomic mass is 35.5. The summed E-state index contributed by atoms with van der Waals surface area (Å²) in [6.45, 7) is -1.73. The number of anilines is 1. The zero-order valence-electron chi connectivity index (χ0n) is 16.0. The largest absolute Gasteiger partial charge is 0.493 e. The van der Waals surface area contributed by atoms with Crippen LogP contribution in [0.1, 0.15) is 17.3 Å². The number of methoxy groups -OCH3 is 2. The summed E-state index contributed by atoms with van der Waals surface area (Å²) in [5.41, 5.74) is -0.284. The van der Waals surface area contributed by atoms with Gasteiger partial charge in [-0.25, -0.2) is 4.79 Å². The molecule has 2 rings (SSSR count). The third-order valence-electron chi connectivity index (χ3n) is 3.77. The molecule has 0 bridgehead atoms. The minimum absolute atomic E-state index is 0.117. The van der Waals surface area contributed by atoms with Gasteiger partial charge >= 0.3 is 12.6 Å². The van der Waals surface area contributed by atoms with Gasteiger partial charge < -0.3 is 24.3 Å². The molecule has 0 aliphatic rings. The van der Waals surface area contributed by atoms with Crippen LogP contribution in [-0.4, -0.2) is 38.8 Å². The number of alkyl halides is 2. The van der Waals surface area contributed by atoms with E-state index in [4.69, 9.17) is 32.7 Å². The monoisotopic (exact) mass is 463 g/mol. The summed E-state index contributed by atoms with van der Waals surface area (Å²) in [6, 6.07) is 6.78. The van der Waals surface area contributed by atoms with E-state index in [9.17, 15) is 18.4 Å². The van der Waals surface area contributed by atoms with Crippen LogP contribution in [0.2, 0.25) is 10.0 Å². The van der Waals surface area contributed by atoms with Gasteiger partial charge in [0, 0.05) is 12.1 Å². The summed E-state index contributed by atoms with van der Waals surface area (Å²) in [7, 11) is 2.33. The van der Waals surface area contributed by atoms with Crippen LogP contribution < -0.4 is 19.5 Å². The Balaban J connectivity index is 2.32. The van der Waals surface area contributed by atoms with E-state index in [1.54, 1.807) is 12.1 Å². The van der Waals surface area contributed by atoms with Gasteiger partial charge in [0.05, 0.1) is 30.5 Å². The van der Waals surface area contributed by atoms with E-state index in [-0.39, 0.29) is 38.5 Å². The molecule has 1 unspecified atom stereocenters. The maximum atomic E-state index is 12.7. The van der Waals surface area contributed by atoms with Gasteiger partial charge in [0.15, 0.2) is 17.6 Å². The van der Waals surface area contributed by atoms with E-state index < -0.39 is 24.6 Å². The highest BCUT2D eigenvalue weighted by Gasteiger charge is 2.24. The molecular weight excluding hydrogens is 447 g/mol. The summed E-state index contributed by atoms with van der Waals surface area (Å²) in [6.07, 6.45) is -1.09. The number of rotatable bonds is 8. The molecule has 7 nitrogen and oxygen atoms in total. The van der Waals surface area contributed by atoms with Crippen LogP contribution in [0.5, 0.6) is 17.2 Å². The second kappa shape index (κ2) is 10.3. The van der Waals surface area contributed by atoms with Gasteiger partial charge in [0.2, 0.25) is 0 Å². The molecule has 162 valence electrons. The van der Waals surface area contributed by atoms with Gasteiger partial charge in [-0.2, -0.15) is 8.78 Å². The fourth-order valence-corrected chi connectivity index (χ4v) is 2.68. The van der Waals surface area contributed by atoms with Crippen LogP contribution >= 0.6 is 23.2 Å². The second-order valence-corrected chi connectivity index (χ2v) is 6.51. The van der Waals surface area contributed by atoms with Gasteiger partial charge in [0.1, 0.15) is 10.8 Å². The minimum Gasteiger partial charge on any atom is -0.493 e. The van der Waals surface area contributed by atoms with Crippen molar-refractivity contribution in [1.82, 2.24) is 0 Å². The molecule has 0 saturated carbocycles. The van der Waals surface area contributed by atoms with Crippen molar-refractivity contribution in [3.8, 4) is 17.2 Å². The average molecular weight is 464 g/mol. The number of carbonyl (C=O) groups is 2. The average Bonchev–Trinajstić information content (AvgIpc) is 2.70. The predicted molar refractivity (Wildman–Crippen MR) is 106 cm³/mol. The number of carbonyl (C=O) groups excluding carboxylic acids is 2. The standard InChI is InChI=1S/C19H17Cl2F2NO6/c1-9(29-13-6-4-5-11(20)16(13)21)17(25)24-12-8-15(30-19(22)23)14(27-2)7-10(12)18(26)28-3/h4-9,19H,1-3H3,(H,24,25). The number of ether oxygens (including phenoxy) is 4. The normalized spacial score (nSPS) is 11.6. The number of hydrogen-bond acceptors (Lipinski definition) is 6.